The van der Waals surface area contributed by atoms with Crippen molar-refractivity contribution in [3.05, 3.63) is 29.8 Å². The van der Waals surface area contributed by atoms with Crippen molar-refractivity contribution in [2.24, 2.45) is 5.92 Å². The first kappa shape index (κ1) is 19.4. The van der Waals surface area contributed by atoms with Crippen LogP contribution in [0.25, 0.3) is 0 Å². The minimum absolute atomic E-state index is 0.00709. The quantitative estimate of drug-likeness (QED) is 0.809. The minimum Gasteiger partial charge on any atom is -0.349 e. The molecule has 5 heteroatoms. The number of nitrogens with one attached hydrogen (secondary N) is 2. The molecule has 5 nitrogen and oxygen atoms in total. The summed E-state index contributed by atoms with van der Waals surface area (Å²) in [6, 6.07) is 8.21. The molecule has 152 valence electrons. The Hall–Kier alpha value is -1.88. The van der Waals surface area contributed by atoms with E-state index in [0.29, 0.717) is 23.8 Å². The predicted molar refractivity (Wildman–Crippen MR) is 111 cm³/mol. The first-order chi connectivity index (χ1) is 13.7. The highest BCUT2D eigenvalue weighted by Gasteiger charge is 2.34. The zero-order valence-electron chi connectivity index (χ0n) is 16.8. The van der Waals surface area contributed by atoms with Crippen molar-refractivity contribution < 1.29 is 9.59 Å². The number of likely N-dealkylation sites (tertiary alicyclic amines) is 1. The largest absolute Gasteiger partial charge is 0.349 e. The maximum Gasteiger partial charge on any atom is 0.253 e. The van der Waals surface area contributed by atoms with Crippen LogP contribution in [-0.4, -0.2) is 41.9 Å². The van der Waals surface area contributed by atoms with Gasteiger partial charge in [-0.1, -0.05) is 37.8 Å². The van der Waals surface area contributed by atoms with Crippen LogP contribution in [0.2, 0.25) is 0 Å². The molecule has 3 aliphatic rings. The van der Waals surface area contributed by atoms with Gasteiger partial charge in [-0.15, -0.1) is 0 Å². The maximum atomic E-state index is 12.8. The van der Waals surface area contributed by atoms with Gasteiger partial charge in [-0.3, -0.25) is 14.5 Å². The molecule has 0 radical (unpaired) electrons. The molecule has 0 spiro atoms. The lowest BCUT2D eigenvalue weighted by molar-refractivity contribution is -0.118. The summed E-state index contributed by atoms with van der Waals surface area (Å²) in [6.45, 7) is 1.44. The molecular weight excluding hydrogens is 350 g/mol. The summed E-state index contributed by atoms with van der Waals surface area (Å²) < 4.78 is 0. The van der Waals surface area contributed by atoms with Crippen molar-refractivity contribution in [1.29, 1.82) is 0 Å². The van der Waals surface area contributed by atoms with Crippen LogP contribution in [0.1, 0.15) is 74.6 Å². The third kappa shape index (κ3) is 4.57. The van der Waals surface area contributed by atoms with E-state index in [4.69, 9.17) is 0 Å². The molecule has 4 rings (SSSR count). The van der Waals surface area contributed by atoms with Crippen LogP contribution in [0.3, 0.4) is 0 Å². The highest BCUT2D eigenvalue weighted by molar-refractivity contribution is 6.04. The lowest BCUT2D eigenvalue weighted by Crippen LogP contribution is -2.49. The molecule has 2 amide bonds. The van der Waals surface area contributed by atoms with Crippen LogP contribution in [0.15, 0.2) is 24.3 Å². The van der Waals surface area contributed by atoms with Gasteiger partial charge in [0.2, 0.25) is 5.91 Å². The van der Waals surface area contributed by atoms with Crippen LogP contribution in [-0.2, 0) is 4.79 Å². The number of carbonyl (C=O) groups is 2. The molecule has 0 aromatic heterocycles. The number of piperidine rings is 1. The fourth-order valence-corrected chi connectivity index (χ4v) is 5.42. The van der Waals surface area contributed by atoms with Crippen LogP contribution < -0.4 is 10.6 Å². The number of anilines is 1. The molecule has 2 unspecified atom stereocenters. The Morgan fingerprint density at radius 3 is 2.50 bits per heavy atom. The van der Waals surface area contributed by atoms with Crippen molar-refractivity contribution in [2.45, 2.75) is 76.3 Å². The summed E-state index contributed by atoms with van der Waals surface area (Å²) >= 11 is 0. The van der Waals surface area contributed by atoms with Crippen molar-refractivity contribution >= 4 is 17.5 Å². The Bertz CT molecular complexity index is 697. The van der Waals surface area contributed by atoms with E-state index in [1.807, 2.05) is 18.2 Å². The highest BCUT2D eigenvalue weighted by atomic mass is 16.2. The zero-order valence-corrected chi connectivity index (χ0v) is 16.8. The standard InChI is InChI=1S/C23H33N3O2/c27-22(16-26-15-7-9-17-8-1-6-14-21(17)26)25-20-13-5-4-12-19(20)23(28)24-18-10-2-3-11-18/h4-5,12-13,17-18,21H,1-3,6-11,14-16H2,(H,24,28)(H,25,27). The van der Waals surface area contributed by atoms with Gasteiger partial charge in [0.05, 0.1) is 17.8 Å². The van der Waals surface area contributed by atoms with Gasteiger partial charge in [0, 0.05) is 12.1 Å². The van der Waals surface area contributed by atoms with Gasteiger partial charge in [0.15, 0.2) is 0 Å². The molecule has 1 aliphatic heterocycles. The molecule has 0 bridgehead atoms. The second kappa shape index (κ2) is 9.08. The summed E-state index contributed by atoms with van der Waals surface area (Å²) in [4.78, 5) is 27.9. The monoisotopic (exact) mass is 383 g/mol. The number of carbonyl (C=O) groups excluding carboxylic acids is 2. The Labute approximate surface area is 168 Å². The molecule has 1 heterocycles. The normalized spacial score (nSPS) is 25.9. The van der Waals surface area contributed by atoms with Gasteiger partial charge in [0.25, 0.3) is 5.91 Å². The molecule has 2 atom stereocenters. The summed E-state index contributed by atoms with van der Waals surface area (Å²) in [5.41, 5.74) is 1.19. The van der Waals surface area contributed by atoms with E-state index in [1.165, 1.54) is 51.4 Å². The molecule has 1 aromatic carbocycles. The van der Waals surface area contributed by atoms with Crippen LogP contribution >= 0.6 is 0 Å². The average Bonchev–Trinajstić information content (AvgIpc) is 3.21. The molecule has 1 saturated heterocycles. The molecule has 3 fully saturated rings. The number of nitrogens with zero attached hydrogens (tertiary/aromatic N) is 1. The van der Waals surface area contributed by atoms with Gasteiger partial charge in [0.1, 0.15) is 0 Å². The van der Waals surface area contributed by atoms with Gasteiger partial charge in [-0.25, -0.2) is 0 Å². The third-order valence-corrected chi connectivity index (χ3v) is 6.84. The van der Waals surface area contributed by atoms with E-state index in [-0.39, 0.29) is 17.9 Å². The lowest BCUT2D eigenvalue weighted by atomic mass is 9.78. The van der Waals surface area contributed by atoms with Gasteiger partial charge in [-0.2, -0.15) is 0 Å². The number of amides is 2. The predicted octanol–water partition coefficient (Wildman–Crippen LogP) is 3.95. The van der Waals surface area contributed by atoms with Crippen molar-refractivity contribution in [2.75, 3.05) is 18.4 Å². The lowest BCUT2D eigenvalue weighted by Gasteiger charge is -2.43. The molecule has 28 heavy (non-hydrogen) atoms. The van der Waals surface area contributed by atoms with E-state index in [0.717, 1.165) is 25.3 Å². The number of hydrogen-bond acceptors (Lipinski definition) is 3. The van der Waals surface area contributed by atoms with E-state index in [1.54, 1.807) is 6.07 Å². The first-order valence-electron chi connectivity index (χ1n) is 11.1. The number of benzene rings is 1. The summed E-state index contributed by atoms with van der Waals surface area (Å²) in [5, 5.41) is 6.14. The summed E-state index contributed by atoms with van der Waals surface area (Å²) in [6.07, 6.45) is 12.1. The summed E-state index contributed by atoms with van der Waals surface area (Å²) in [5.74, 6) is 0.681. The molecule has 2 aliphatic carbocycles. The van der Waals surface area contributed by atoms with E-state index in [2.05, 4.69) is 15.5 Å². The fourth-order valence-electron chi connectivity index (χ4n) is 5.42. The number of fused-ring (bicyclic) bond motifs is 1. The zero-order chi connectivity index (χ0) is 19.3. The Morgan fingerprint density at radius 2 is 1.64 bits per heavy atom. The number of para-hydroxylation sites is 1. The first-order valence-corrected chi connectivity index (χ1v) is 11.1. The molecule has 2 N–H and O–H groups in total. The average molecular weight is 384 g/mol. The molecular formula is C23H33N3O2. The number of rotatable bonds is 5. The number of hydrogen-bond donors (Lipinski definition) is 2. The van der Waals surface area contributed by atoms with E-state index < -0.39 is 0 Å². The maximum absolute atomic E-state index is 12.8. The summed E-state index contributed by atoms with van der Waals surface area (Å²) in [7, 11) is 0. The minimum atomic E-state index is -0.0758. The van der Waals surface area contributed by atoms with E-state index in [9.17, 15) is 9.59 Å². The SMILES string of the molecule is O=C(CN1CCCC2CCCCC21)Nc1ccccc1C(=O)NC1CCCC1. The van der Waals surface area contributed by atoms with Crippen LogP contribution in [0, 0.1) is 5.92 Å². The smallest absolute Gasteiger partial charge is 0.253 e. The van der Waals surface area contributed by atoms with Gasteiger partial charge >= 0.3 is 0 Å². The topological polar surface area (TPSA) is 61.4 Å². The highest BCUT2D eigenvalue weighted by Crippen LogP contribution is 2.35. The fraction of sp³-hybridized carbons (Fsp3) is 0.652. The molecule has 1 aromatic rings. The second-order valence-corrected chi connectivity index (χ2v) is 8.77. The van der Waals surface area contributed by atoms with Crippen molar-refractivity contribution in [3.63, 3.8) is 0 Å². The second-order valence-electron chi connectivity index (χ2n) is 8.77. The van der Waals surface area contributed by atoms with E-state index >= 15 is 0 Å². The van der Waals surface area contributed by atoms with Crippen molar-refractivity contribution in [3.8, 4) is 0 Å². The third-order valence-electron chi connectivity index (χ3n) is 6.84. The molecule has 2 saturated carbocycles. The van der Waals surface area contributed by atoms with Crippen LogP contribution in [0.4, 0.5) is 5.69 Å². The van der Waals surface area contributed by atoms with Gasteiger partial charge < -0.3 is 10.6 Å². The van der Waals surface area contributed by atoms with Crippen molar-refractivity contribution in [1.82, 2.24) is 10.2 Å². The Kier molecular flexibility index (Phi) is 6.30. The van der Waals surface area contributed by atoms with Gasteiger partial charge in [-0.05, 0) is 63.1 Å². The Morgan fingerprint density at radius 1 is 0.929 bits per heavy atom. The van der Waals surface area contributed by atoms with Crippen LogP contribution in [0.5, 0.6) is 0 Å². The Balaban J connectivity index is 1.38.